The third-order valence-electron chi connectivity index (χ3n) is 7.53. The van der Waals surface area contributed by atoms with Crippen LogP contribution in [0, 0.1) is 0 Å². The van der Waals surface area contributed by atoms with E-state index in [0.717, 1.165) is 18.4 Å². The van der Waals surface area contributed by atoms with Crippen LogP contribution in [-0.4, -0.2) is 44.0 Å². The number of carbonyl (C=O) groups is 1. The highest BCUT2D eigenvalue weighted by Gasteiger charge is 2.54. The van der Waals surface area contributed by atoms with Crippen molar-refractivity contribution in [1.82, 2.24) is 4.90 Å². The number of fused-ring (bicyclic) bond motifs is 1. The zero-order valence-corrected chi connectivity index (χ0v) is 21.9. The van der Waals surface area contributed by atoms with Crippen LogP contribution in [-0.2, 0) is 20.5 Å². The van der Waals surface area contributed by atoms with Crippen molar-refractivity contribution in [3.63, 3.8) is 0 Å². The summed E-state index contributed by atoms with van der Waals surface area (Å²) >= 11 is 0. The zero-order chi connectivity index (χ0) is 24.5. The third-order valence-corrected chi connectivity index (χ3v) is 12.6. The van der Waals surface area contributed by atoms with Crippen LogP contribution in [0.5, 0.6) is 0 Å². The van der Waals surface area contributed by atoms with Gasteiger partial charge in [0.05, 0.1) is 18.2 Å². The van der Waals surface area contributed by atoms with Crippen LogP contribution in [0.3, 0.4) is 0 Å². The molecule has 1 aliphatic carbocycles. The molecule has 5 rings (SSSR count). The summed E-state index contributed by atoms with van der Waals surface area (Å²) in [7, 11) is -2.65. The molecule has 0 bridgehead atoms. The fourth-order valence-electron chi connectivity index (χ4n) is 5.91. The summed E-state index contributed by atoms with van der Waals surface area (Å²) in [5.41, 5.74) is 1.15. The Morgan fingerprint density at radius 1 is 0.857 bits per heavy atom. The first-order valence-corrected chi connectivity index (χ1v) is 14.5. The first kappa shape index (κ1) is 24.0. The maximum absolute atomic E-state index is 12.9. The number of nitrogens with zero attached hydrogens (tertiary/aromatic N) is 1. The molecule has 0 radical (unpaired) electrons. The van der Waals surface area contributed by atoms with Crippen LogP contribution < -0.4 is 10.4 Å². The standard InChI is InChI=1S/C30H35NO3Si/c1-30(2,3)35(25-15-9-5-10-16-25,26-17-11-6-12-18-26)34-24-19-27-28(20-24)33-22-29(32)31(27)21-23-13-7-4-8-14-23/h4-18,24,27-28H,19-22H2,1-3H3. The van der Waals surface area contributed by atoms with E-state index in [4.69, 9.17) is 9.16 Å². The maximum Gasteiger partial charge on any atom is 0.261 e. The highest BCUT2D eigenvalue weighted by Crippen LogP contribution is 2.41. The normalized spacial score (nSPS) is 22.8. The number of benzene rings is 3. The van der Waals surface area contributed by atoms with Gasteiger partial charge in [0, 0.05) is 13.0 Å². The fraction of sp³-hybridized carbons (Fsp3) is 0.367. The van der Waals surface area contributed by atoms with Crippen LogP contribution in [0.15, 0.2) is 91.0 Å². The molecule has 0 spiro atoms. The average Bonchev–Trinajstić information content (AvgIpc) is 3.28. The number of hydrogen-bond donors (Lipinski definition) is 0. The van der Waals surface area contributed by atoms with Gasteiger partial charge in [-0.2, -0.15) is 0 Å². The molecule has 3 aromatic carbocycles. The van der Waals surface area contributed by atoms with Crippen molar-refractivity contribution in [2.24, 2.45) is 0 Å². The molecular formula is C30H35NO3Si. The van der Waals surface area contributed by atoms with Crippen LogP contribution in [0.2, 0.25) is 5.04 Å². The molecule has 2 aliphatic rings. The molecule has 3 unspecified atom stereocenters. The highest BCUT2D eigenvalue weighted by molar-refractivity contribution is 6.99. The zero-order valence-electron chi connectivity index (χ0n) is 20.9. The van der Waals surface area contributed by atoms with E-state index in [1.54, 1.807) is 0 Å². The molecule has 1 saturated carbocycles. The van der Waals surface area contributed by atoms with Gasteiger partial charge in [-0.05, 0) is 27.4 Å². The van der Waals surface area contributed by atoms with Gasteiger partial charge < -0.3 is 14.1 Å². The second-order valence-electron chi connectivity index (χ2n) is 10.8. The van der Waals surface area contributed by atoms with Gasteiger partial charge in [0.2, 0.25) is 5.91 Å². The molecule has 35 heavy (non-hydrogen) atoms. The van der Waals surface area contributed by atoms with Crippen molar-refractivity contribution in [3.8, 4) is 0 Å². The topological polar surface area (TPSA) is 38.8 Å². The van der Waals surface area contributed by atoms with Gasteiger partial charge in [0.25, 0.3) is 8.32 Å². The van der Waals surface area contributed by atoms with Crippen LogP contribution in [0.4, 0.5) is 0 Å². The smallest absolute Gasteiger partial charge is 0.261 e. The van der Waals surface area contributed by atoms with Gasteiger partial charge in [-0.15, -0.1) is 0 Å². The third kappa shape index (κ3) is 4.60. The van der Waals surface area contributed by atoms with Crippen molar-refractivity contribution in [3.05, 3.63) is 96.6 Å². The number of rotatable bonds is 6. The summed E-state index contributed by atoms with van der Waals surface area (Å²) in [6.07, 6.45) is 1.65. The minimum atomic E-state index is -2.65. The van der Waals surface area contributed by atoms with Crippen molar-refractivity contribution in [2.45, 2.75) is 63.4 Å². The van der Waals surface area contributed by atoms with Gasteiger partial charge in [-0.3, -0.25) is 4.79 Å². The molecule has 182 valence electrons. The lowest BCUT2D eigenvalue weighted by molar-refractivity contribution is -0.155. The summed E-state index contributed by atoms with van der Waals surface area (Å²) in [6, 6.07) is 31.8. The van der Waals surface area contributed by atoms with E-state index in [0.29, 0.717) is 6.54 Å². The van der Waals surface area contributed by atoms with Crippen LogP contribution in [0.1, 0.15) is 39.2 Å². The Bertz CT molecular complexity index is 1090. The number of hydrogen-bond acceptors (Lipinski definition) is 3. The number of carbonyl (C=O) groups excluding carboxylic acids is 1. The molecule has 4 nitrogen and oxygen atoms in total. The molecule has 3 aromatic rings. The second kappa shape index (κ2) is 9.73. The van der Waals surface area contributed by atoms with E-state index in [9.17, 15) is 4.79 Å². The minimum absolute atomic E-state index is 0.0135. The quantitative estimate of drug-likeness (QED) is 0.482. The average molecular weight is 486 g/mol. The minimum Gasteiger partial charge on any atom is -0.404 e. The van der Waals surface area contributed by atoms with Gasteiger partial charge in [-0.25, -0.2) is 0 Å². The largest absolute Gasteiger partial charge is 0.404 e. The lowest BCUT2D eigenvalue weighted by atomic mass is 10.1. The maximum atomic E-state index is 12.9. The summed E-state index contributed by atoms with van der Waals surface area (Å²) in [5.74, 6) is 0.0706. The van der Waals surface area contributed by atoms with Crippen LogP contribution in [0.25, 0.3) is 0 Å². The van der Waals surface area contributed by atoms with E-state index in [-0.39, 0.29) is 35.8 Å². The molecule has 0 aromatic heterocycles. The van der Waals surface area contributed by atoms with E-state index >= 15 is 0 Å². The molecule has 1 heterocycles. The summed E-state index contributed by atoms with van der Waals surface area (Å²) < 4.78 is 13.5. The Hall–Kier alpha value is -2.73. The summed E-state index contributed by atoms with van der Waals surface area (Å²) in [6.45, 7) is 7.70. The highest BCUT2D eigenvalue weighted by atomic mass is 28.4. The Balaban J connectivity index is 1.48. The van der Waals surface area contributed by atoms with Crippen molar-refractivity contribution >= 4 is 24.6 Å². The number of amides is 1. The van der Waals surface area contributed by atoms with Gasteiger partial charge in [0.15, 0.2) is 0 Å². The molecule has 1 saturated heterocycles. The van der Waals surface area contributed by atoms with Crippen molar-refractivity contribution in [2.75, 3.05) is 6.61 Å². The molecule has 2 fully saturated rings. The monoisotopic (exact) mass is 485 g/mol. The second-order valence-corrected chi connectivity index (χ2v) is 15.1. The molecular weight excluding hydrogens is 450 g/mol. The summed E-state index contributed by atoms with van der Waals surface area (Å²) in [5, 5.41) is 2.49. The first-order valence-electron chi connectivity index (χ1n) is 12.6. The number of morpholine rings is 1. The van der Waals surface area contributed by atoms with Gasteiger partial charge in [0.1, 0.15) is 6.61 Å². The Morgan fingerprint density at radius 2 is 1.40 bits per heavy atom. The summed E-state index contributed by atoms with van der Waals surface area (Å²) in [4.78, 5) is 14.9. The lowest BCUT2D eigenvalue weighted by Crippen LogP contribution is -2.67. The molecule has 1 aliphatic heterocycles. The van der Waals surface area contributed by atoms with Crippen molar-refractivity contribution in [1.29, 1.82) is 0 Å². The molecule has 0 N–H and O–H groups in total. The van der Waals surface area contributed by atoms with Crippen molar-refractivity contribution < 1.29 is 14.0 Å². The Labute approximate surface area is 210 Å². The van der Waals surface area contributed by atoms with E-state index in [1.807, 2.05) is 23.1 Å². The predicted octanol–water partition coefficient (Wildman–Crippen LogP) is 4.52. The molecule has 5 heteroatoms. The SMILES string of the molecule is CC(C)(C)[Si](OC1CC2OCC(=O)N(Cc3ccccc3)C2C1)(c1ccccc1)c1ccccc1. The Morgan fingerprint density at radius 3 is 1.94 bits per heavy atom. The Kier molecular flexibility index (Phi) is 6.66. The van der Waals surface area contributed by atoms with Crippen LogP contribution >= 0.6 is 0 Å². The van der Waals surface area contributed by atoms with Gasteiger partial charge in [-0.1, -0.05) is 112 Å². The van der Waals surface area contributed by atoms with E-state index < -0.39 is 8.32 Å². The molecule has 3 atom stereocenters. The number of ether oxygens (including phenoxy) is 1. The van der Waals surface area contributed by atoms with Gasteiger partial charge >= 0.3 is 0 Å². The first-order chi connectivity index (χ1) is 16.9. The van der Waals surface area contributed by atoms with E-state index in [2.05, 4.69) is 93.6 Å². The predicted molar refractivity (Wildman–Crippen MR) is 142 cm³/mol. The van der Waals surface area contributed by atoms with E-state index in [1.165, 1.54) is 10.4 Å². The lowest BCUT2D eigenvalue weighted by Gasteiger charge is -2.44. The molecule has 1 amide bonds. The fourth-order valence-corrected chi connectivity index (χ4v) is 10.6.